The van der Waals surface area contributed by atoms with Crippen LogP contribution in [-0.2, 0) is 14.8 Å². The average molecular weight is 391 g/mol. The second-order valence-electron chi connectivity index (χ2n) is 5.86. The maximum absolute atomic E-state index is 12.5. The van der Waals surface area contributed by atoms with Crippen molar-refractivity contribution >= 4 is 33.2 Å². The quantitative estimate of drug-likeness (QED) is 0.785. The maximum atomic E-state index is 12.5. The number of sulfonamides is 1. The van der Waals surface area contributed by atoms with Gasteiger partial charge in [-0.1, -0.05) is 0 Å². The maximum Gasteiger partial charge on any atom is 0.255 e. The van der Waals surface area contributed by atoms with E-state index in [-0.39, 0.29) is 16.4 Å². The molecule has 0 fully saturated rings. The average Bonchev–Trinajstić information content (AvgIpc) is 2.61. The molecule has 2 rings (SSSR count). The molecule has 2 aromatic carbocycles. The fourth-order valence-corrected chi connectivity index (χ4v) is 3.17. The monoisotopic (exact) mass is 391 g/mol. The van der Waals surface area contributed by atoms with Crippen LogP contribution in [-0.4, -0.2) is 45.7 Å². The number of hydrogen-bond donors (Lipinski definition) is 2. The molecule has 0 heterocycles. The number of benzene rings is 2. The van der Waals surface area contributed by atoms with E-state index in [1.54, 1.807) is 18.2 Å². The molecular formula is C18H21N3O5S. The summed E-state index contributed by atoms with van der Waals surface area (Å²) in [6.07, 6.45) is 0. The van der Waals surface area contributed by atoms with E-state index in [1.165, 1.54) is 52.4 Å². The third-order valence-corrected chi connectivity index (χ3v) is 5.49. The highest BCUT2D eigenvalue weighted by atomic mass is 32.2. The number of ether oxygens (including phenoxy) is 1. The van der Waals surface area contributed by atoms with Crippen LogP contribution in [0.4, 0.5) is 11.4 Å². The van der Waals surface area contributed by atoms with Gasteiger partial charge < -0.3 is 15.4 Å². The second-order valence-corrected chi connectivity index (χ2v) is 8.01. The second kappa shape index (κ2) is 8.19. The van der Waals surface area contributed by atoms with E-state index in [4.69, 9.17) is 4.74 Å². The highest BCUT2D eigenvalue weighted by molar-refractivity contribution is 7.89. The van der Waals surface area contributed by atoms with Crippen LogP contribution >= 0.6 is 0 Å². The molecule has 2 aromatic rings. The molecule has 0 atom stereocenters. The smallest absolute Gasteiger partial charge is 0.255 e. The Labute approximate surface area is 158 Å². The SMILES string of the molecule is COc1ccc(NC(C)=O)cc1NC(=O)c1ccc(S(=O)(=O)N(C)C)cc1. The highest BCUT2D eigenvalue weighted by Gasteiger charge is 2.18. The summed E-state index contributed by atoms with van der Waals surface area (Å²) in [4.78, 5) is 23.8. The van der Waals surface area contributed by atoms with Crippen LogP contribution in [0.5, 0.6) is 5.75 Å². The first-order valence-corrected chi connectivity index (χ1v) is 9.38. The van der Waals surface area contributed by atoms with Crippen LogP contribution in [0.1, 0.15) is 17.3 Å². The molecule has 0 spiro atoms. The minimum Gasteiger partial charge on any atom is -0.495 e. The van der Waals surface area contributed by atoms with Crippen molar-refractivity contribution in [2.24, 2.45) is 0 Å². The van der Waals surface area contributed by atoms with E-state index in [0.29, 0.717) is 17.1 Å². The van der Waals surface area contributed by atoms with E-state index in [9.17, 15) is 18.0 Å². The first kappa shape index (κ1) is 20.4. The molecule has 0 bridgehead atoms. The molecule has 0 aromatic heterocycles. The molecular weight excluding hydrogens is 370 g/mol. The van der Waals surface area contributed by atoms with Crippen LogP contribution < -0.4 is 15.4 Å². The van der Waals surface area contributed by atoms with Gasteiger partial charge >= 0.3 is 0 Å². The molecule has 2 N–H and O–H groups in total. The van der Waals surface area contributed by atoms with Gasteiger partial charge in [0.05, 0.1) is 17.7 Å². The molecule has 0 aliphatic carbocycles. The number of amides is 2. The number of nitrogens with one attached hydrogen (secondary N) is 2. The van der Waals surface area contributed by atoms with Gasteiger partial charge in [0.25, 0.3) is 5.91 Å². The Morgan fingerprint density at radius 1 is 1.00 bits per heavy atom. The first-order chi connectivity index (χ1) is 12.6. The summed E-state index contributed by atoms with van der Waals surface area (Å²) in [6, 6.07) is 10.4. The molecule has 0 aliphatic rings. The van der Waals surface area contributed by atoms with E-state index >= 15 is 0 Å². The van der Waals surface area contributed by atoms with Crippen molar-refractivity contribution in [1.29, 1.82) is 0 Å². The standard InChI is InChI=1S/C18H21N3O5S/c1-12(22)19-14-7-10-17(26-4)16(11-14)20-18(23)13-5-8-15(9-6-13)27(24,25)21(2)3/h5-11H,1-4H3,(H,19,22)(H,20,23). The molecule has 27 heavy (non-hydrogen) atoms. The summed E-state index contributed by atoms with van der Waals surface area (Å²) in [5.41, 5.74) is 1.16. The zero-order valence-electron chi connectivity index (χ0n) is 15.4. The third-order valence-electron chi connectivity index (χ3n) is 3.66. The molecule has 0 saturated carbocycles. The number of methoxy groups -OCH3 is 1. The van der Waals surface area contributed by atoms with Crippen molar-refractivity contribution in [3.63, 3.8) is 0 Å². The lowest BCUT2D eigenvalue weighted by molar-refractivity contribution is -0.114. The Hall–Kier alpha value is -2.91. The van der Waals surface area contributed by atoms with Crippen molar-refractivity contribution in [3.05, 3.63) is 48.0 Å². The van der Waals surface area contributed by atoms with Crippen molar-refractivity contribution in [3.8, 4) is 5.75 Å². The zero-order chi connectivity index (χ0) is 20.2. The Kier molecular flexibility index (Phi) is 6.19. The van der Waals surface area contributed by atoms with E-state index in [2.05, 4.69) is 10.6 Å². The molecule has 144 valence electrons. The number of nitrogens with zero attached hydrogens (tertiary/aromatic N) is 1. The zero-order valence-corrected chi connectivity index (χ0v) is 16.3. The Bertz CT molecular complexity index is 953. The summed E-state index contributed by atoms with van der Waals surface area (Å²) in [5, 5.41) is 5.32. The van der Waals surface area contributed by atoms with Gasteiger partial charge in [-0.05, 0) is 42.5 Å². The Morgan fingerprint density at radius 2 is 1.63 bits per heavy atom. The predicted molar refractivity (Wildman–Crippen MR) is 103 cm³/mol. The van der Waals surface area contributed by atoms with Crippen LogP contribution in [0.15, 0.2) is 47.4 Å². The van der Waals surface area contributed by atoms with Crippen LogP contribution in [0.2, 0.25) is 0 Å². The van der Waals surface area contributed by atoms with Crippen molar-refractivity contribution in [2.45, 2.75) is 11.8 Å². The summed E-state index contributed by atoms with van der Waals surface area (Å²) < 4.78 is 30.5. The minimum absolute atomic E-state index is 0.0919. The molecule has 0 aliphatic heterocycles. The predicted octanol–water partition coefficient (Wildman–Crippen LogP) is 2.16. The van der Waals surface area contributed by atoms with Gasteiger partial charge in [-0.25, -0.2) is 12.7 Å². The largest absolute Gasteiger partial charge is 0.495 e. The summed E-state index contributed by atoms with van der Waals surface area (Å²) in [7, 11) is 0.767. The lowest BCUT2D eigenvalue weighted by Crippen LogP contribution is -2.22. The fourth-order valence-electron chi connectivity index (χ4n) is 2.27. The van der Waals surface area contributed by atoms with Crippen molar-refractivity contribution in [1.82, 2.24) is 4.31 Å². The molecule has 0 saturated heterocycles. The molecule has 0 radical (unpaired) electrons. The van der Waals surface area contributed by atoms with Gasteiger partial charge in [-0.15, -0.1) is 0 Å². The lowest BCUT2D eigenvalue weighted by Gasteiger charge is -2.13. The first-order valence-electron chi connectivity index (χ1n) is 7.94. The van der Waals surface area contributed by atoms with Gasteiger partial charge in [-0.3, -0.25) is 9.59 Å². The molecule has 8 nitrogen and oxygen atoms in total. The number of carbonyl (C=O) groups is 2. The number of rotatable bonds is 6. The minimum atomic E-state index is -3.56. The van der Waals surface area contributed by atoms with E-state index < -0.39 is 15.9 Å². The Balaban J connectivity index is 2.25. The highest BCUT2D eigenvalue weighted by Crippen LogP contribution is 2.28. The van der Waals surface area contributed by atoms with E-state index in [1.807, 2.05) is 0 Å². The van der Waals surface area contributed by atoms with Crippen molar-refractivity contribution in [2.75, 3.05) is 31.8 Å². The molecule has 0 unspecified atom stereocenters. The van der Waals surface area contributed by atoms with Crippen LogP contribution in [0.3, 0.4) is 0 Å². The van der Waals surface area contributed by atoms with Crippen molar-refractivity contribution < 1.29 is 22.7 Å². The fraction of sp³-hybridized carbons (Fsp3) is 0.222. The Morgan fingerprint density at radius 3 is 2.15 bits per heavy atom. The van der Waals surface area contributed by atoms with Crippen LogP contribution in [0, 0.1) is 0 Å². The normalized spacial score (nSPS) is 11.1. The number of anilines is 2. The summed E-state index contributed by atoms with van der Waals surface area (Å²) in [5.74, 6) is -0.263. The van der Waals surface area contributed by atoms with Crippen LogP contribution in [0.25, 0.3) is 0 Å². The van der Waals surface area contributed by atoms with Gasteiger partial charge in [0.2, 0.25) is 15.9 Å². The van der Waals surface area contributed by atoms with Gasteiger partial charge in [0.1, 0.15) is 5.75 Å². The lowest BCUT2D eigenvalue weighted by atomic mass is 10.2. The molecule has 2 amide bonds. The van der Waals surface area contributed by atoms with E-state index in [0.717, 1.165) is 4.31 Å². The third kappa shape index (κ3) is 4.83. The summed E-state index contributed by atoms with van der Waals surface area (Å²) >= 11 is 0. The topological polar surface area (TPSA) is 105 Å². The number of carbonyl (C=O) groups excluding carboxylic acids is 2. The van der Waals surface area contributed by atoms with Gasteiger partial charge in [-0.2, -0.15) is 0 Å². The molecule has 9 heteroatoms. The van der Waals surface area contributed by atoms with Gasteiger partial charge in [0.15, 0.2) is 0 Å². The number of hydrogen-bond acceptors (Lipinski definition) is 5. The summed E-state index contributed by atoms with van der Waals surface area (Å²) in [6.45, 7) is 1.38. The van der Waals surface area contributed by atoms with Gasteiger partial charge in [0, 0.05) is 32.3 Å².